The monoisotopic (exact) mass is 477 g/mol. The lowest BCUT2D eigenvalue weighted by molar-refractivity contribution is -0.132. The van der Waals surface area contributed by atoms with Gasteiger partial charge in [0.05, 0.1) is 6.04 Å². The highest BCUT2D eigenvalue weighted by Gasteiger charge is 2.30. The van der Waals surface area contributed by atoms with Gasteiger partial charge in [0.2, 0.25) is 0 Å². The van der Waals surface area contributed by atoms with Crippen LogP contribution in [0.25, 0.3) is 0 Å². The Labute approximate surface area is 195 Å². The first kappa shape index (κ1) is 25.0. The average molecular weight is 477 g/mol. The fourth-order valence-electron chi connectivity index (χ4n) is 3.72. The number of piperazine rings is 1. The number of likely N-dealkylation sites (N-methyl/N-ethyl adjacent to an activating group) is 1. The number of nitrogens with one attached hydrogen (secondary N) is 3. The molecule has 1 aliphatic heterocycles. The Morgan fingerprint density at radius 2 is 1.79 bits per heavy atom. The van der Waals surface area contributed by atoms with E-state index in [1.165, 1.54) is 30.3 Å². The molecule has 8 nitrogen and oxygen atoms in total. The summed E-state index contributed by atoms with van der Waals surface area (Å²) >= 11 is 0. The molecule has 0 aliphatic carbocycles. The lowest BCUT2D eigenvalue weighted by Crippen LogP contribution is -2.56. The number of urea groups is 1. The van der Waals surface area contributed by atoms with Crippen LogP contribution in [-0.2, 0) is 11.2 Å². The lowest BCUT2D eigenvalue weighted by Gasteiger charge is -2.41. The van der Waals surface area contributed by atoms with E-state index >= 15 is 0 Å². The number of rotatable bonds is 6. The zero-order chi connectivity index (χ0) is 24.7. The SMILES string of the molecule is CCN1CCN(C(=O)Nc2cccc(F)c2)C(Cc2ccc(C(=O)NNC(=O)C(F)F)cc2)C1. The van der Waals surface area contributed by atoms with Gasteiger partial charge in [0.1, 0.15) is 5.82 Å². The maximum absolute atomic E-state index is 13.5. The Morgan fingerprint density at radius 1 is 1.06 bits per heavy atom. The van der Waals surface area contributed by atoms with Crippen LogP contribution < -0.4 is 16.2 Å². The second-order valence-corrected chi connectivity index (χ2v) is 7.83. The highest BCUT2D eigenvalue weighted by Crippen LogP contribution is 2.18. The Kier molecular flexibility index (Phi) is 8.47. The van der Waals surface area contributed by atoms with E-state index in [0.29, 0.717) is 31.7 Å². The Hall–Kier alpha value is -3.60. The van der Waals surface area contributed by atoms with Crippen molar-refractivity contribution in [3.8, 4) is 0 Å². The smallest absolute Gasteiger partial charge is 0.319 e. The fourth-order valence-corrected chi connectivity index (χ4v) is 3.72. The number of amides is 4. The zero-order valence-electron chi connectivity index (χ0n) is 18.6. The molecule has 0 spiro atoms. The van der Waals surface area contributed by atoms with E-state index in [-0.39, 0.29) is 17.6 Å². The zero-order valence-corrected chi connectivity index (χ0v) is 18.6. The number of benzene rings is 2. The number of carbonyl (C=O) groups excluding carboxylic acids is 3. The normalized spacial score (nSPS) is 16.3. The van der Waals surface area contributed by atoms with Crippen LogP contribution in [0.1, 0.15) is 22.8 Å². The van der Waals surface area contributed by atoms with Crippen molar-refractivity contribution in [1.29, 1.82) is 0 Å². The van der Waals surface area contributed by atoms with Gasteiger partial charge >= 0.3 is 18.4 Å². The molecule has 1 heterocycles. The summed E-state index contributed by atoms with van der Waals surface area (Å²) in [4.78, 5) is 39.8. The summed E-state index contributed by atoms with van der Waals surface area (Å²) in [7, 11) is 0. The van der Waals surface area contributed by atoms with Crippen molar-refractivity contribution < 1.29 is 27.6 Å². The van der Waals surface area contributed by atoms with E-state index in [1.54, 1.807) is 28.5 Å². The number of halogens is 3. The first-order chi connectivity index (χ1) is 16.3. The highest BCUT2D eigenvalue weighted by molar-refractivity contribution is 5.95. The van der Waals surface area contributed by atoms with Crippen LogP contribution in [0.15, 0.2) is 48.5 Å². The van der Waals surface area contributed by atoms with Gasteiger partial charge in [-0.3, -0.25) is 25.3 Å². The molecule has 1 saturated heterocycles. The topological polar surface area (TPSA) is 93.8 Å². The largest absolute Gasteiger partial charge is 0.322 e. The molecule has 11 heteroatoms. The van der Waals surface area contributed by atoms with E-state index in [0.717, 1.165) is 12.1 Å². The third kappa shape index (κ3) is 6.70. The second kappa shape index (κ2) is 11.5. The van der Waals surface area contributed by atoms with Crippen molar-refractivity contribution in [3.63, 3.8) is 0 Å². The summed E-state index contributed by atoms with van der Waals surface area (Å²) in [6.45, 7) is 4.74. The molecule has 1 aliphatic rings. The molecular weight excluding hydrogens is 451 g/mol. The molecule has 0 radical (unpaired) electrons. The Balaban J connectivity index is 1.65. The van der Waals surface area contributed by atoms with Crippen LogP contribution in [0.2, 0.25) is 0 Å². The summed E-state index contributed by atoms with van der Waals surface area (Å²) in [6.07, 6.45) is -2.72. The molecule has 2 aromatic carbocycles. The van der Waals surface area contributed by atoms with Crippen LogP contribution >= 0.6 is 0 Å². The van der Waals surface area contributed by atoms with Crippen molar-refractivity contribution in [2.75, 3.05) is 31.5 Å². The minimum atomic E-state index is -3.23. The molecule has 1 atom stereocenters. The van der Waals surface area contributed by atoms with Crippen molar-refractivity contribution in [2.24, 2.45) is 0 Å². The van der Waals surface area contributed by atoms with E-state index in [4.69, 9.17) is 0 Å². The average Bonchev–Trinajstić information content (AvgIpc) is 2.82. The maximum Gasteiger partial charge on any atom is 0.322 e. The number of carbonyl (C=O) groups is 3. The van der Waals surface area contributed by atoms with Gasteiger partial charge in [0, 0.05) is 30.9 Å². The number of hydrazine groups is 1. The van der Waals surface area contributed by atoms with Crippen LogP contribution in [0.5, 0.6) is 0 Å². The van der Waals surface area contributed by atoms with Gasteiger partial charge in [-0.25, -0.2) is 9.18 Å². The van der Waals surface area contributed by atoms with Crippen molar-refractivity contribution in [1.82, 2.24) is 20.7 Å². The molecule has 182 valence electrons. The number of nitrogens with zero attached hydrogens (tertiary/aromatic N) is 2. The number of alkyl halides is 2. The van der Waals surface area contributed by atoms with Gasteiger partial charge in [0.15, 0.2) is 0 Å². The molecule has 1 fully saturated rings. The molecule has 0 bridgehead atoms. The van der Waals surface area contributed by atoms with E-state index < -0.39 is 24.1 Å². The van der Waals surface area contributed by atoms with Gasteiger partial charge in [-0.05, 0) is 48.9 Å². The van der Waals surface area contributed by atoms with Gasteiger partial charge in [-0.15, -0.1) is 0 Å². The molecule has 4 amide bonds. The molecule has 3 N–H and O–H groups in total. The summed E-state index contributed by atoms with van der Waals surface area (Å²) in [5, 5.41) is 2.74. The van der Waals surface area contributed by atoms with Crippen molar-refractivity contribution in [2.45, 2.75) is 25.8 Å². The first-order valence-corrected chi connectivity index (χ1v) is 10.8. The Bertz CT molecular complexity index is 1020. The van der Waals surface area contributed by atoms with Gasteiger partial charge in [0.25, 0.3) is 5.91 Å². The first-order valence-electron chi connectivity index (χ1n) is 10.8. The number of hydrogen-bond acceptors (Lipinski definition) is 4. The molecule has 34 heavy (non-hydrogen) atoms. The van der Waals surface area contributed by atoms with Gasteiger partial charge < -0.3 is 10.2 Å². The third-order valence-electron chi connectivity index (χ3n) is 5.54. The number of hydrogen-bond donors (Lipinski definition) is 3. The minimum absolute atomic E-state index is 0.160. The fraction of sp³-hybridized carbons (Fsp3) is 0.348. The number of anilines is 1. The van der Waals surface area contributed by atoms with Gasteiger partial charge in [-0.2, -0.15) is 8.78 Å². The van der Waals surface area contributed by atoms with Crippen LogP contribution in [-0.4, -0.2) is 66.3 Å². The van der Waals surface area contributed by atoms with Crippen LogP contribution in [0, 0.1) is 5.82 Å². The van der Waals surface area contributed by atoms with Crippen LogP contribution in [0.4, 0.5) is 23.7 Å². The van der Waals surface area contributed by atoms with E-state index in [9.17, 15) is 27.6 Å². The van der Waals surface area contributed by atoms with Gasteiger partial charge in [-0.1, -0.05) is 25.1 Å². The summed E-state index contributed by atoms with van der Waals surface area (Å²) in [5.41, 5.74) is 4.99. The summed E-state index contributed by atoms with van der Waals surface area (Å²) in [5.74, 6) is -2.77. The molecule has 0 aromatic heterocycles. The predicted octanol–water partition coefficient (Wildman–Crippen LogP) is 2.63. The predicted molar refractivity (Wildman–Crippen MR) is 120 cm³/mol. The van der Waals surface area contributed by atoms with E-state index in [1.807, 2.05) is 12.3 Å². The summed E-state index contributed by atoms with van der Waals surface area (Å²) < 4.78 is 37.9. The third-order valence-corrected chi connectivity index (χ3v) is 5.54. The molecule has 1 unspecified atom stereocenters. The standard InChI is InChI=1S/C23H26F3N5O3/c1-2-30-10-11-31(23(34)27-18-5-3-4-17(24)13-18)19(14-30)12-15-6-8-16(9-7-15)21(32)28-29-22(33)20(25)26/h3-9,13,19-20H,2,10-12,14H2,1H3,(H,27,34)(H,28,32)(H,29,33). The molecule has 2 aromatic rings. The second-order valence-electron chi connectivity index (χ2n) is 7.83. The minimum Gasteiger partial charge on any atom is -0.319 e. The molecular formula is C23H26F3N5O3. The quantitative estimate of drug-likeness (QED) is 0.558. The maximum atomic E-state index is 13.5. The van der Waals surface area contributed by atoms with Crippen molar-refractivity contribution >= 4 is 23.5 Å². The summed E-state index contributed by atoms with van der Waals surface area (Å²) in [6, 6.07) is 11.6. The molecule has 0 saturated carbocycles. The van der Waals surface area contributed by atoms with E-state index in [2.05, 4.69) is 10.2 Å². The highest BCUT2D eigenvalue weighted by atomic mass is 19.3. The lowest BCUT2D eigenvalue weighted by atomic mass is 10.0. The molecule has 3 rings (SSSR count). The van der Waals surface area contributed by atoms with Crippen molar-refractivity contribution in [3.05, 3.63) is 65.5 Å². The van der Waals surface area contributed by atoms with Crippen LogP contribution in [0.3, 0.4) is 0 Å². The Morgan fingerprint density at radius 3 is 2.44 bits per heavy atom.